The predicted octanol–water partition coefficient (Wildman–Crippen LogP) is 4.39. The van der Waals surface area contributed by atoms with Crippen LogP contribution >= 0.6 is 0 Å². The number of benzene rings is 3. The third-order valence-electron chi connectivity index (χ3n) is 4.96. The van der Waals surface area contributed by atoms with Gasteiger partial charge < -0.3 is 9.15 Å². The first-order valence-corrected chi connectivity index (χ1v) is 8.45. The average Bonchev–Trinajstić information content (AvgIpc) is 2.67. The van der Waals surface area contributed by atoms with Gasteiger partial charge >= 0.3 is 5.97 Å². The van der Waals surface area contributed by atoms with Gasteiger partial charge in [0, 0.05) is 17.0 Å². The zero-order valence-corrected chi connectivity index (χ0v) is 13.8. The summed E-state index contributed by atoms with van der Waals surface area (Å²) in [5, 5.41) is 2.54. The second-order valence-corrected chi connectivity index (χ2v) is 6.45. The Labute approximate surface area is 148 Å². The van der Waals surface area contributed by atoms with E-state index in [1.807, 2.05) is 42.5 Å². The van der Waals surface area contributed by atoms with Crippen LogP contribution in [0.3, 0.4) is 0 Å². The Hall–Kier alpha value is -3.40. The fraction of sp³-hybridized carbons (Fsp3) is 0.0909. The highest BCUT2D eigenvalue weighted by Gasteiger charge is 2.32. The molecule has 1 aliphatic rings. The Morgan fingerprint density at radius 2 is 1.62 bits per heavy atom. The van der Waals surface area contributed by atoms with Gasteiger partial charge in [-0.2, -0.15) is 0 Å². The van der Waals surface area contributed by atoms with Crippen molar-refractivity contribution in [3.8, 4) is 5.75 Å². The van der Waals surface area contributed by atoms with Gasteiger partial charge in [0.15, 0.2) is 5.43 Å². The van der Waals surface area contributed by atoms with Crippen LogP contribution < -0.4 is 10.2 Å². The van der Waals surface area contributed by atoms with Gasteiger partial charge in [-0.05, 0) is 29.0 Å². The largest absolute Gasteiger partial charge is 0.464 e. The summed E-state index contributed by atoms with van der Waals surface area (Å²) in [6.45, 7) is 0. The SMILES string of the molecule is O=C1CC(c2coc3ccccc3c2=O)c2c(ccc3ccccc23)O1. The summed E-state index contributed by atoms with van der Waals surface area (Å²) >= 11 is 0. The maximum atomic E-state index is 13.1. The smallest absolute Gasteiger partial charge is 0.312 e. The van der Waals surface area contributed by atoms with E-state index in [1.165, 1.54) is 6.26 Å². The van der Waals surface area contributed by atoms with Gasteiger partial charge in [0.05, 0.1) is 18.1 Å². The molecule has 26 heavy (non-hydrogen) atoms. The third kappa shape index (κ3) is 2.15. The summed E-state index contributed by atoms with van der Waals surface area (Å²) in [6, 6.07) is 18.8. The van der Waals surface area contributed by atoms with Gasteiger partial charge in [-0.1, -0.05) is 42.5 Å². The monoisotopic (exact) mass is 342 g/mol. The van der Waals surface area contributed by atoms with Crippen LogP contribution in [0.15, 0.2) is 76.1 Å². The minimum atomic E-state index is -0.391. The number of hydrogen-bond donors (Lipinski definition) is 0. The molecule has 0 bridgehead atoms. The highest BCUT2D eigenvalue weighted by Crippen LogP contribution is 2.42. The van der Waals surface area contributed by atoms with Crippen molar-refractivity contribution in [1.29, 1.82) is 0 Å². The first-order valence-electron chi connectivity index (χ1n) is 8.45. The molecule has 0 aliphatic carbocycles. The van der Waals surface area contributed by atoms with E-state index in [9.17, 15) is 9.59 Å². The standard InChI is InChI=1S/C22H14O4/c23-20-11-16(17-12-25-18-8-4-3-7-15(18)22(17)24)21-14-6-2-1-5-13(14)9-10-19(21)26-20/h1-10,12,16H,11H2. The van der Waals surface area contributed by atoms with E-state index in [1.54, 1.807) is 18.2 Å². The maximum Gasteiger partial charge on any atom is 0.312 e. The molecule has 1 aromatic heterocycles. The number of carbonyl (C=O) groups excluding carboxylic acids is 1. The number of ether oxygens (including phenoxy) is 1. The molecule has 1 unspecified atom stereocenters. The topological polar surface area (TPSA) is 56.5 Å². The van der Waals surface area contributed by atoms with Gasteiger partial charge in [-0.3, -0.25) is 9.59 Å². The van der Waals surface area contributed by atoms with Crippen molar-refractivity contribution in [2.24, 2.45) is 0 Å². The molecule has 0 fully saturated rings. The van der Waals surface area contributed by atoms with Crippen molar-refractivity contribution in [2.45, 2.75) is 12.3 Å². The quantitative estimate of drug-likeness (QED) is 0.380. The Morgan fingerprint density at radius 1 is 0.846 bits per heavy atom. The number of para-hydroxylation sites is 1. The zero-order valence-electron chi connectivity index (χ0n) is 13.8. The molecule has 0 N–H and O–H groups in total. The van der Waals surface area contributed by atoms with Gasteiger partial charge in [0.2, 0.25) is 0 Å². The predicted molar refractivity (Wildman–Crippen MR) is 98.5 cm³/mol. The minimum Gasteiger partial charge on any atom is -0.464 e. The van der Waals surface area contributed by atoms with Crippen molar-refractivity contribution < 1.29 is 13.9 Å². The molecule has 2 heterocycles. The molecule has 0 saturated heterocycles. The van der Waals surface area contributed by atoms with E-state index in [-0.39, 0.29) is 17.8 Å². The van der Waals surface area contributed by atoms with E-state index in [4.69, 9.17) is 9.15 Å². The first-order chi connectivity index (χ1) is 12.7. The fourth-order valence-electron chi connectivity index (χ4n) is 3.76. The van der Waals surface area contributed by atoms with Crippen LogP contribution in [0.25, 0.3) is 21.7 Å². The molecule has 0 amide bonds. The number of rotatable bonds is 1. The highest BCUT2D eigenvalue weighted by atomic mass is 16.5. The lowest BCUT2D eigenvalue weighted by Crippen LogP contribution is -2.25. The van der Waals surface area contributed by atoms with Gasteiger partial charge in [0.1, 0.15) is 11.3 Å². The molecule has 0 saturated carbocycles. The Balaban J connectivity index is 1.82. The van der Waals surface area contributed by atoms with E-state index in [2.05, 4.69) is 0 Å². The van der Waals surface area contributed by atoms with Crippen molar-refractivity contribution in [3.05, 3.63) is 88.3 Å². The van der Waals surface area contributed by atoms with Crippen LogP contribution in [-0.2, 0) is 4.79 Å². The lowest BCUT2D eigenvalue weighted by molar-refractivity contribution is -0.135. The lowest BCUT2D eigenvalue weighted by atomic mass is 9.84. The highest BCUT2D eigenvalue weighted by molar-refractivity contribution is 5.92. The molecule has 1 atom stereocenters. The van der Waals surface area contributed by atoms with Crippen LogP contribution in [-0.4, -0.2) is 5.97 Å². The van der Waals surface area contributed by atoms with Gasteiger partial charge in [-0.15, -0.1) is 0 Å². The van der Waals surface area contributed by atoms with Gasteiger partial charge in [0.25, 0.3) is 0 Å². The summed E-state index contributed by atoms with van der Waals surface area (Å²) in [7, 11) is 0. The molecular weight excluding hydrogens is 328 g/mol. The molecule has 5 rings (SSSR count). The minimum absolute atomic E-state index is 0.106. The lowest BCUT2D eigenvalue weighted by Gasteiger charge is -2.25. The van der Waals surface area contributed by atoms with Crippen molar-refractivity contribution in [1.82, 2.24) is 0 Å². The maximum absolute atomic E-state index is 13.1. The molecule has 4 heteroatoms. The molecule has 4 nitrogen and oxygen atoms in total. The van der Waals surface area contributed by atoms with Crippen molar-refractivity contribution in [3.63, 3.8) is 0 Å². The third-order valence-corrected chi connectivity index (χ3v) is 4.96. The Morgan fingerprint density at radius 3 is 2.50 bits per heavy atom. The van der Waals surface area contributed by atoms with Crippen LogP contribution in [0.4, 0.5) is 0 Å². The Kier molecular flexibility index (Phi) is 3.19. The molecule has 126 valence electrons. The summed E-state index contributed by atoms with van der Waals surface area (Å²) < 4.78 is 11.1. The Bertz CT molecular complexity index is 1240. The van der Waals surface area contributed by atoms with Crippen LogP contribution in [0.5, 0.6) is 5.75 Å². The summed E-state index contributed by atoms with van der Waals surface area (Å²) in [6.07, 6.45) is 1.60. The summed E-state index contributed by atoms with van der Waals surface area (Å²) in [5.41, 5.74) is 1.78. The average molecular weight is 342 g/mol. The summed E-state index contributed by atoms with van der Waals surface area (Å²) in [4.78, 5) is 25.2. The molecule has 1 aliphatic heterocycles. The second-order valence-electron chi connectivity index (χ2n) is 6.45. The van der Waals surface area contributed by atoms with Crippen LogP contribution in [0.2, 0.25) is 0 Å². The van der Waals surface area contributed by atoms with Crippen molar-refractivity contribution in [2.75, 3.05) is 0 Å². The second kappa shape index (κ2) is 5.56. The van der Waals surface area contributed by atoms with E-state index < -0.39 is 5.92 Å². The van der Waals surface area contributed by atoms with Crippen molar-refractivity contribution >= 4 is 27.7 Å². The van der Waals surface area contributed by atoms with Crippen LogP contribution in [0.1, 0.15) is 23.5 Å². The van der Waals surface area contributed by atoms with Crippen LogP contribution in [0, 0.1) is 0 Å². The number of hydrogen-bond acceptors (Lipinski definition) is 4. The molecule has 0 radical (unpaired) electrons. The van der Waals surface area contributed by atoms with Gasteiger partial charge in [-0.25, -0.2) is 0 Å². The van der Waals surface area contributed by atoms with E-state index in [0.29, 0.717) is 22.3 Å². The molecule has 0 spiro atoms. The number of esters is 1. The van der Waals surface area contributed by atoms with E-state index in [0.717, 1.165) is 16.3 Å². The molecular formula is C22H14O4. The zero-order chi connectivity index (χ0) is 17.7. The normalized spacial score (nSPS) is 16.5. The van der Waals surface area contributed by atoms with E-state index >= 15 is 0 Å². The number of fused-ring (bicyclic) bond motifs is 4. The molecule has 3 aromatic carbocycles. The summed E-state index contributed by atoms with van der Waals surface area (Å²) in [5.74, 6) is -0.221. The molecule has 4 aromatic rings. The fourth-order valence-corrected chi connectivity index (χ4v) is 3.76. The number of carbonyl (C=O) groups is 1. The first kappa shape index (κ1) is 14.9.